The average Bonchev–Trinajstić information content (AvgIpc) is 2.68. The number of amides is 1. The van der Waals surface area contributed by atoms with Gasteiger partial charge in [-0.05, 0) is 59.7 Å². The zero-order chi connectivity index (χ0) is 19.6. The van der Waals surface area contributed by atoms with Gasteiger partial charge < -0.3 is 4.90 Å². The van der Waals surface area contributed by atoms with Crippen molar-refractivity contribution in [1.82, 2.24) is 9.80 Å². The molecule has 0 radical (unpaired) electrons. The van der Waals surface area contributed by atoms with Crippen molar-refractivity contribution in [3.63, 3.8) is 0 Å². The molecule has 0 saturated carbocycles. The Morgan fingerprint density at radius 2 is 1.68 bits per heavy atom. The normalized spacial score (nSPS) is 19.1. The highest BCUT2D eigenvalue weighted by Gasteiger charge is 2.44. The van der Waals surface area contributed by atoms with Crippen molar-refractivity contribution in [3.05, 3.63) is 75.2 Å². The Labute approximate surface area is 180 Å². The van der Waals surface area contributed by atoms with E-state index < -0.39 is 0 Å². The van der Waals surface area contributed by atoms with E-state index in [-0.39, 0.29) is 5.91 Å². The van der Waals surface area contributed by atoms with E-state index >= 15 is 0 Å². The van der Waals surface area contributed by atoms with Crippen LogP contribution in [0.1, 0.15) is 24.0 Å². The summed E-state index contributed by atoms with van der Waals surface area (Å²) in [6.45, 7) is 4.97. The van der Waals surface area contributed by atoms with Gasteiger partial charge in [0, 0.05) is 48.3 Å². The maximum absolute atomic E-state index is 12.5. The van der Waals surface area contributed by atoms with Gasteiger partial charge in [-0.25, -0.2) is 0 Å². The largest absolute Gasteiger partial charge is 0.339 e. The van der Waals surface area contributed by atoms with Gasteiger partial charge in [0.2, 0.25) is 5.91 Å². The summed E-state index contributed by atoms with van der Waals surface area (Å²) in [4.78, 5) is 17.0. The molecule has 2 aromatic carbocycles. The Kier molecular flexibility index (Phi) is 5.91. The third-order valence-electron chi connectivity index (χ3n) is 5.86. The van der Waals surface area contributed by atoms with E-state index in [0.29, 0.717) is 5.41 Å². The molecule has 4 rings (SSSR count). The van der Waals surface area contributed by atoms with Crippen LogP contribution in [0.2, 0.25) is 5.02 Å². The SMILES string of the molecule is O=C(C=Cc1ccc(Br)cc1)N1CCC2(CC1)CN(Cc1ccc(Cl)cc1)C2. The van der Waals surface area contributed by atoms with E-state index in [2.05, 4.69) is 33.0 Å². The standard InChI is InChI=1S/C23H24BrClN2O/c24-20-6-1-18(2-7-20)5-10-22(28)27-13-11-23(12-14-27)16-26(17-23)15-19-3-8-21(25)9-4-19/h1-10H,11-17H2. The molecule has 2 heterocycles. The molecule has 0 atom stereocenters. The Balaban J connectivity index is 1.24. The van der Waals surface area contributed by atoms with Gasteiger partial charge in [-0.2, -0.15) is 0 Å². The van der Waals surface area contributed by atoms with Gasteiger partial charge in [-0.15, -0.1) is 0 Å². The van der Waals surface area contributed by atoms with E-state index in [0.717, 1.165) is 60.6 Å². The van der Waals surface area contributed by atoms with Crippen molar-refractivity contribution in [2.24, 2.45) is 5.41 Å². The number of hydrogen-bond donors (Lipinski definition) is 0. The predicted molar refractivity (Wildman–Crippen MR) is 118 cm³/mol. The molecule has 146 valence electrons. The molecule has 1 amide bonds. The molecule has 0 N–H and O–H groups in total. The summed E-state index contributed by atoms with van der Waals surface area (Å²) in [6.07, 6.45) is 5.80. The molecule has 2 saturated heterocycles. The van der Waals surface area contributed by atoms with Gasteiger partial charge in [-0.1, -0.05) is 51.8 Å². The smallest absolute Gasteiger partial charge is 0.246 e. The van der Waals surface area contributed by atoms with E-state index in [4.69, 9.17) is 11.6 Å². The number of piperidine rings is 1. The topological polar surface area (TPSA) is 23.6 Å². The van der Waals surface area contributed by atoms with Crippen LogP contribution in [0, 0.1) is 5.41 Å². The van der Waals surface area contributed by atoms with Crippen LogP contribution in [-0.4, -0.2) is 41.9 Å². The molecule has 28 heavy (non-hydrogen) atoms. The highest BCUT2D eigenvalue weighted by molar-refractivity contribution is 9.10. The molecule has 0 aromatic heterocycles. The van der Waals surface area contributed by atoms with E-state index in [1.165, 1.54) is 5.56 Å². The van der Waals surface area contributed by atoms with Crippen LogP contribution in [0.5, 0.6) is 0 Å². The Hall–Kier alpha value is -1.62. The van der Waals surface area contributed by atoms with Crippen molar-refractivity contribution in [2.75, 3.05) is 26.2 Å². The Morgan fingerprint density at radius 1 is 1.04 bits per heavy atom. The molecule has 1 spiro atoms. The van der Waals surface area contributed by atoms with Crippen LogP contribution in [0.4, 0.5) is 0 Å². The monoisotopic (exact) mass is 458 g/mol. The lowest BCUT2D eigenvalue weighted by molar-refractivity contribution is -0.131. The number of carbonyl (C=O) groups excluding carboxylic acids is 1. The minimum atomic E-state index is 0.120. The lowest BCUT2D eigenvalue weighted by Gasteiger charge is -2.54. The van der Waals surface area contributed by atoms with Crippen molar-refractivity contribution in [2.45, 2.75) is 19.4 Å². The molecule has 3 nitrogen and oxygen atoms in total. The van der Waals surface area contributed by atoms with Crippen LogP contribution >= 0.6 is 27.5 Å². The van der Waals surface area contributed by atoms with Crippen LogP contribution in [0.3, 0.4) is 0 Å². The van der Waals surface area contributed by atoms with Crippen molar-refractivity contribution in [1.29, 1.82) is 0 Å². The molecule has 0 unspecified atom stereocenters. The first-order valence-corrected chi connectivity index (χ1v) is 10.9. The number of likely N-dealkylation sites (tertiary alicyclic amines) is 2. The summed E-state index contributed by atoms with van der Waals surface area (Å²) in [7, 11) is 0. The predicted octanol–water partition coefficient (Wildman–Crippen LogP) is 5.24. The maximum Gasteiger partial charge on any atom is 0.246 e. The average molecular weight is 460 g/mol. The van der Waals surface area contributed by atoms with Gasteiger partial charge in [0.1, 0.15) is 0 Å². The first kappa shape index (κ1) is 19.7. The summed E-state index contributed by atoms with van der Waals surface area (Å²) in [6, 6.07) is 16.1. The summed E-state index contributed by atoms with van der Waals surface area (Å²) in [5.41, 5.74) is 2.75. The Morgan fingerprint density at radius 3 is 2.32 bits per heavy atom. The summed E-state index contributed by atoms with van der Waals surface area (Å²) >= 11 is 9.39. The number of halogens is 2. The minimum absolute atomic E-state index is 0.120. The maximum atomic E-state index is 12.5. The molecule has 2 fully saturated rings. The summed E-state index contributed by atoms with van der Waals surface area (Å²) in [5, 5.41) is 0.787. The fraction of sp³-hybridized carbons (Fsp3) is 0.348. The summed E-state index contributed by atoms with van der Waals surface area (Å²) in [5.74, 6) is 0.120. The third kappa shape index (κ3) is 4.68. The molecular weight excluding hydrogens is 436 g/mol. The zero-order valence-corrected chi connectivity index (χ0v) is 18.1. The molecule has 0 bridgehead atoms. The third-order valence-corrected chi connectivity index (χ3v) is 6.64. The van der Waals surface area contributed by atoms with Crippen LogP contribution in [0.25, 0.3) is 6.08 Å². The van der Waals surface area contributed by atoms with Gasteiger partial charge in [-0.3, -0.25) is 9.69 Å². The number of hydrogen-bond acceptors (Lipinski definition) is 2. The lowest BCUT2D eigenvalue weighted by Crippen LogP contribution is -2.60. The first-order valence-electron chi connectivity index (χ1n) is 9.71. The number of carbonyl (C=O) groups is 1. The second-order valence-electron chi connectivity index (χ2n) is 7.98. The molecular formula is C23H24BrClN2O. The van der Waals surface area contributed by atoms with Crippen LogP contribution in [-0.2, 0) is 11.3 Å². The fourth-order valence-electron chi connectivity index (χ4n) is 4.23. The van der Waals surface area contributed by atoms with Gasteiger partial charge in [0.25, 0.3) is 0 Å². The molecule has 2 aliphatic heterocycles. The van der Waals surface area contributed by atoms with Crippen LogP contribution in [0.15, 0.2) is 59.1 Å². The highest BCUT2D eigenvalue weighted by Crippen LogP contribution is 2.41. The van der Waals surface area contributed by atoms with Crippen molar-refractivity contribution < 1.29 is 4.79 Å². The van der Waals surface area contributed by atoms with E-state index in [9.17, 15) is 4.79 Å². The van der Waals surface area contributed by atoms with Gasteiger partial charge in [0.15, 0.2) is 0 Å². The minimum Gasteiger partial charge on any atom is -0.339 e. The first-order chi connectivity index (χ1) is 13.5. The lowest BCUT2D eigenvalue weighted by atomic mass is 9.72. The van der Waals surface area contributed by atoms with Gasteiger partial charge in [0.05, 0.1) is 0 Å². The molecule has 2 aliphatic rings. The fourth-order valence-corrected chi connectivity index (χ4v) is 4.62. The Bertz CT molecular complexity index is 847. The second kappa shape index (κ2) is 8.40. The second-order valence-corrected chi connectivity index (χ2v) is 9.33. The van der Waals surface area contributed by atoms with Gasteiger partial charge >= 0.3 is 0 Å². The van der Waals surface area contributed by atoms with Crippen molar-refractivity contribution in [3.8, 4) is 0 Å². The highest BCUT2D eigenvalue weighted by atomic mass is 79.9. The van der Waals surface area contributed by atoms with Crippen molar-refractivity contribution >= 4 is 39.5 Å². The quantitative estimate of drug-likeness (QED) is 0.584. The number of rotatable bonds is 4. The summed E-state index contributed by atoms with van der Waals surface area (Å²) < 4.78 is 1.04. The van der Waals surface area contributed by atoms with E-state index in [1.807, 2.05) is 47.4 Å². The number of benzene rings is 2. The molecule has 2 aromatic rings. The molecule has 5 heteroatoms. The number of nitrogens with zero attached hydrogens (tertiary/aromatic N) is 2. The molecule has 0 aliphatic carbocycles. The van der Waals surface area contributed by atoms with Crippen LogP contribution < -0.4 is 0 Å². The van der Waals surface area contributed by atoms with E-state index in [1.54, 1.807) is 6.08 Å². The zero-order valence-electron chi connectivity index (χ0n) is 15.8.